The largest absolute Gasteiger partial charge is 0.463 e. The minimum absolute atomic E-state index is 0.142. The van der Waals surface area contributed by atoms with E-state index in [1.807, 2.05) is 0 Å². The fourth-order valence-corrected chi connectivity index (χ4v) is 2.48. The van der Waals surface area contributed by atoms with Crippen molar-refractivity contribution in [3.05, 3.63) is 11.1 Å². The second-order valence-corrected chi connectivity index (χ2v) is 4.83. The zero-order chi connectivity index (χ0) is 13.7. The van der Waals surface area contributed by atoms with Crippen molar-refractivity contribution in [1.82, 2.24) is 0 Å². The maximum absolute atomic E-state index is 11.8. The van der Waals surface area contributed by atoms with Crippen LogP contribution in [-0.4, -0.2) is 35.9 Å². The molecule has 102 valence electrons. The van der Waals surface area contributed by atoms with Crippen LogP contribution in [0.1, 0.15) is 26.7 Å². The lowest BCUT2D eigenvalue weighted by Crippen LogP contribution is -2.31. The molecule has 0 spiro atoms. The third-order valence-electron chi connectivity index (χ3n) is 2.58. The van der Waals surface area contributed by atoms with Crippen LogP contribution in [0.15, 0.2) is 11.1 Å². The molecule has 2 unspecified atom stereocenters. The molecule has 0 amide bonds. The summed E-state index contributed by atoms with van der Waals surface area (Å²) in [5.41, 5.74) is 0.284. The van der Waals surface area contributed by atoms with E-state index in [1.165, 1.54) is 0 Å². The second-order valence-electron chi connectivity index (χ2n) is 3.78. The van der Waals surface area contributed by atoms with Gasteiger partial charge in [0.15, 0.2) is 0 Å². The molecule has 0 heterocycles. The molecule has 0 saturated carbocycles. The van der Waals surface area contributed by atoms with Crippen molar-refractivity contribution < 1.29 is 19.1 Å². The summed E-state index contributed by atoms with van der Waals surface area (Å²) >= 11 is 12.2. The number of halogens is 2. The standard InChI is InChI=1S/C12H16Cl2O4/c1-3-17-11(15)9-7(13)5-6-8(14)10(9)12(16)18-4-2/h7-8H,3-6H2,1-2H3. The van der Waals surface area contributed by atoms with Crippen LogP contribution in [0.4, 0.5) is 0 Å². The predicted molar refractivity (Wildman–Crippen MR) is 68.8 cm³/mol. The number of hydrogen-bond acceptors (Lipinski definition) is 4. The molecule has 0 aromatic heterocycles. The van der Waals surface area contributed by atoms with Gasteiger partial charge in [0.25, 0.3) is 0 Å². The highest BCUT2D eigenvalue weighted by molar-refractivity contribution is 6.30. The first-order chi connectivity index (χ1) is 8.52. The van der Waals surface area contributed by atoms with Gasteiger partial charge in [-0.3, -0.25) is 0 Å². The highest BCUT2D eigenvalue weighted by atomic mass is 35.5. The molecule has 1 aliphatic rings. The van der Waals surface area contributed by atoms with E-state index >= 15 is 0 Å². The van der Waals surface area contributed by atoms with Gasteiger partial charge in [0.1, 0.15) is 0 Å². The highest BCUT2D eigenvalue weighted by Gasteiger charge is 2.36. The first kappa shape index (κ1) is 15.3. The summed E-state index contributed by atoms with van der Waals surface area (Å²) in [7, 11) is 0. The quantitative estimate of drug-likeness (QED) is 0.590. The fraction of sp³-hybridized carbons (Fsp3) is 0.667. The van der Waals surface area contributed by atoms with Gasteiger partial charge < -0.3 is 9.47 Å². The average Bonchev–Trinajstić information content (AvgIpc) is 2.32. The molecule has 1 aliphatic carbocycles. The number of esters is 2. The SMILES string of the molecule is CCOC(=O)C1=C(C(=O)OCC)C(Cl)CCC1Cl. The summed E-state index contributed by atoms with van der Waals surface area (Å²) in [5, 5.41) is -1.11. The summed E-state index contributed by atoms with van der Waals surface area (Å²) in [6.07, 6.45) is 1.07. The van der Waals surface area contributed by atoms with Gasteiger partial charge in [0.2, 0.25) is 0 Å². The number of rotatable bonds is 4. The molecule has 0 radical (unpaired) electrons. The zero-order valence-electron chi connectivity index (χ0n) is 10.4. The third kappa shape index (κ3) is 3.39. The molecule has 4 nitrogen and oxygen atoms in total. The second kappa shape index (κ2) is 7.00. The highest BCUT2D eigenvalue weighted by Crippen LogP contribution is 2.33. The van der Waals surface area contributed by atoms with Gasteiger partial charge in [-0.2, -0.15) is 0 Å². The van der Waals surface area contributed by atoms with Gasteiger partial charge in [-0.1, -0.05) is 0 Å². The van der Waals surface area contributed by atoms with Crippen LogP contribution in [0.5, 0.6) is 0 Å². The summed E-state index contributed by atoms with van der Waals surface area (Å²) in [6.45, 7) is 3.81. The van der Waals surface area contributed by atoms with E-state index in [0.717, 1.165) is 0 Å². The van der Waals surface area contributed by atoms with Gasteiger partial charge in [-0.25, -0.2) is 9.59 Å². The van der Waals surface area contributed by atoms with E-state index in [4.69, 9.17) is 32.7 Å². The first-order valence-electron chi connectivity index (χ1n) is 5.89. The molecule has 0 N–H and O–H groups in total. The number of carbonyl (C=O) groups excluding carboxylic acids is 2. The van der Waals surface area contributed by atoms with Crippen molar-refractivity contribution in [2.45, 2.75) is 37.4 Å². The molecule has 6 heteroatoms. The van der Waals surface area contributed by atoms with Gasteiger partial charge in [0, 0.05) is 0 Å². The van der Waals surface area contributed by atoms with E-state index < -0.39 is 22.7 Å². The Kier molecular flexibility index (Phi) is 5.96. The Labute approximate surface area is 116 Å². The molecule has 0 aromatic carbocycles. The Morgan fingerprint density at radius 2 is 1.33 bits per heavy atom. The minimum Gasteiger partial charge on any atom is -0.463 e. The van der Waals surface area contributed by atoms with E-state index in [0.29, 0.717) is 12.8 Å². The molecule has 2 atom stereocenters. The van der Waals surface area contributed by atoms with E-state index in [1.54, 1.807) is 13.8 Å². The third-order valence-corrected chi connectivity index (χ3v) is 3.45. The van der Waals surface area contributed by atoms with Crippen LogP contribution in [0.2, 0.25) is 0 Å². The maximum Gasteiger partial charge on any atom is 0.336 e. The average molecular weight is 295 g/mol. The molecule has 0 aromatic rings. The molecule has 0 saturated heterocycles. The smallest absolute Gasteiger partial charge is 0.336 e. The van der Waals surface area contributed by atoms with Gasteiger partial charge in [-0.15, -0.1) is 23.2 Å². The Morgan fingerprint density at radius 3 is 1.61 bits per heavy atom. The number of hydrogen-bond donors (Lipinski definition) is 0. The van der Waals surface area contributed by atoms with Crippen molar-refractivity contribution in [2.24, 2.45) is 0 Å². The van der Waals surface area contributed by atoms with Gasteiger partial charge in [0.05, 0.1) is 35.1 Å². The van der Waals surface area contributed by atoms with Crippen molar-refractivity contribution in [1.29, 1.82) is 0 Å². The normalized spacial score (nSPS) is 23.8. The molecule has 0 fully saturated rings. The fourth-order valence-electron chi connectivity index (χ4n) is 1.81. The number of alkyl halides is 2. The van der Waals surface area contributed by atoms with Crippen LogP contribution >= 0.6 is 23.2 Å². The van der Waals surface area contributed by atoms with Crippen LogP contribution in [-0.2, 0) is 19.1 Å². The Balaban J connectivity index is 3.14. The molecule has 18 heavy (non-hydrogen) atoms. The van der Waals surface area contributed by atoms with Crippen molar-refractivity contribution in [2.75, 3.05) is 13.2 Å². The predicted octanol–water partition coefficient (Wildman–Crippen LogP) is 2.42. The van der Waals surface area contributed by atoms with E-state index in [-0.39, 0.29) is 24.4 Å². The molecule has 0 bridgehead atoms. The molecule has 0 aliphatic heterocycles. The van der Waals surface area contributed by atoms with Crippen LogP contribution in [0, 0.1) is 0 Å². The number of carbonyl (C=O) groups is 2. The maximum atomic E-state index is 11.8. The monoisotopic (exact) mass is 294 g/mol. The van der Waals surface area contributed by atoms with E-state index in [2.05, 4.69) is 0 Å². The van der Waals surface area contributed by atoms with Gasteiger partial charge in [-0.05, 0) is 26.7 Å². The number of ether oxygens (including phenoxy) is 2. The van der Waals surface area contributed by atoms with Crippen molar-refractivity contribution in [3.8, 4) is 0 Å². The van der Waals surface area contributed by atoms with Gasteiger partial charge >= 0.3 is 11.9 Å². The van der Waals surface area contributed by atoms with Crippen molar-refractivity contribution in [3.63, 3.8) is 0 Å². The lowest BCUT2D eigenvalue weighted by atomic mass is 9.90. The van der Waals surface area contributed by atoms with E-state index in [9.17, 15) is 9.59 Å². The lowest BCUT2D eigenvalue weighted by molar-refractivity contribution is -0.142. The summed E-state index contributed by atoms with van der Waals surface area (Å²) in [4.78, 5) is 23.7. The zero-order valence-corrected chi connectivity index (χ0v) is 11.9. The Bertz CT molecular complexity index is 331. The summed E-state index contributed by atoms with van der Waals surface area (Å²) < 4.78 is 9.82. The van der Waals surface area contributed by atoms with Crippen molar-refractivity contribution >= 4 is 35.1 Å². The molecule has 1 rings (SSSR count). The minimum atomic E-state index is -0.592. The summed E-state index contributed by atoms with van der Waals surface area (Å²) in [6, 6.07) is 0. The Morgan fingerprint density at radius 1 is 1.00 bits per heavy atom. The molecular formula is C12H16Cl2O4. The van der Waals surface area contributed by atoms with Crippen LogP contribution in [0.3, 0.4) is 0 Å². The molecular weight excluding hydrogens is 279 g/mol. The Hall–Kier alpha value is -0.740. The summed E-state index contributed by atoms with van der Waals surface area (Å²) in [5.74, 6) is -1.18. The first-order valence-corrected chi connectivity index (χ1v) is 6.76. The van der Waals surface area contributed by atoms with Crippen LogP contribution in [0.25, 0.3) is 0 Å². The van der Waals surface area contributed by atoms with Crippen LogP contribution < -0.4 is 0 Å². The lowest BCUT2D eigenvalue weighted by Gasteiger charge is -2.25. The topological polar surface area (TPSA) is 52.6 Å².